The molecular weight excluding hydrogens is 302 g/mol. The molecule has 24 heavy (non-hydrogen) atoms. The summed E-state index contributed by atoms with van der Waals surface area (Å²) >= 11 is 0. The molecule has 2 aromatic carbocycles. The predicted octanol–water partition coefficient (Wildman–Crippen LogP) is 3.41. The number of nitrogen functional groups attached to an aromatic ring is 1. The van der Waals surface area contributed by atoms with Gasteiger partial charge < -0.3 is 10.2 Å². The highest BCUT2D eigenvalue weighted by Gasteiger charge is 2.15. The molecule has 0 aliphatic heterocycles. The average molecular weight is 313 g/mol. The molecule has 0 saturated heterocycles. The summed E-state index contributed by atoms with van der Waals surface area (Å²) in [5, 5.41) is 8.86. The minimum absolute atomic E-state index is 0.266. The number of aromatic nitrogens is 3. The van der Waals surface area contributed by atoms with Gasteiger partial charge in [-0.15, -0.1) is 0 Å². The van der Waals surface area contributed by atoms with E-state index in [4.69, 9.17) is 15.4 Å². The number of nitrogens with two attached hydrogens (primary N) is 1. The smallest absolute Gasteiger partial charge is 0.253 e. The van der Waals surface area contributed by atoms with Gasteiger partial charge in [-0.3, -0.25) is 0 Å². The van der Waals surface area contributed by atoms with Crippen LogP contribution in [0.25, 0.3) is 34.1 Å². The summed E-state index contributed by atoms with van der Waals surface area (Å²) < 4.78 is 5.75. The Morgan fingerprint density at radius 2 is 1.62 bits per heavy atom. The number of hydrogen-bond donors (Lipinski definition) is 1. The fourth-order valence-electron chi connectivity index (χ4n) is 2.37. The third-order valence-electron chi connectivity index (χ3n) is 3.58. The van der Waals surface area contributed by atoms with E-state index in [1.165, 1.54) is 0 Å². The SMILES string of the molecule is N#Cc1ccc(-c2nc3c(N)nc(-c4ccccc4)nc3o2)cc1. The molecule has 0 spiro atoms. The minimum Gasteiger partial charge on any atom is -0.417 e. The van der Waals surface area contributed by atoms with Crippen LogP contribution in [-0.2, 0) is 0 Å². The second-order valence-electron chi connectivity index (χ2n) is 5.16. The van der Waals surface area contributed by atoms with Gasteiger partial charge in [0.15, 0.2) is 17.2 Å². The maximum atomic E-state index is 8.86. The van der Waals surface area contributed by atoms with Gasteiger partial charge in [-0.25, -0.2) is 9.97 Å². The Morgan fingerprint density at radius 3 is 2.33 bits per heavy atom. The normalized spacial score (nSPS) is 10.6. The van der Waals surface area contributed by atoms with Crippen LogP contribution < -0.4 is 5.73 Å². The summed E-state index contributed by atoms with van der Waals surface area (Å²) in [6.07, 6.45) is 0. The Labute approximate surface area is 137 Å². The van der Waals surface area contributed by atoms with Crippen molar-refractivity contribution >= 4 is 17.0 Å². The number of fused-ring (bicyclic) bond motifs is 1. The summed E-state index contributed by atoms with van der Waals surface area (Å²) in [5.74, 6) is 1.14. The van der Waals surface area contributed by atoms with Gasteiger partial charge in [-0.2, -0.15) is 10.2 Å². The highest BCUT2D eigenvalue weighted by Crippen LogP contribution is 2.28. The zero-order valence-electron chi connectivity index (χ0n) is 12.5. The van der Waals surface area contributed by atoms with Gasteiger partial charge in [0.25, 0.3) is 5.71 Å². The van der Waals surface area contributed by atoms with Crippen molar-refractivity contribution in [3.8, 4) is 28.9 Å². The lowest BCUT2D eigenvalue weighted by molar-refractivity contribution is 0.607. The van der Waals surface area contributed by atoms with E-state index in [0.29, 0.717) is 28.5 Å². The number of anilines is 1. The van der Waals surface area contributed by atoms with E-state index in [9.17, 15) is 0 Å². The predicted molar refractivity (Wildman–Crippen MR) is 89.6 cm³/mol. The fourth-order valence-corrected chi connectivity index (χ4v) is 2.37. The molecule has 0 saturated carbocycles. The molecule has 0 bridgehead atoms. The second kappa shape index (κ2) is 5.48. The summed E-state index contributed by atoms with van der Waals surface area (Å²) in [5.41, 5.74) is 8.94. The summed E-state index contributed by atoms with van der Waals surface area (Å²) in [7, 11) is 0. The van der Waals surface area contributed by atoms with Gasteiger partial charge in [0, 0.05) is 11.1 Å². The lowest BCUT2D eigenvalue weighted by Gasteiger charge is -2.00. The molecule has 0 radical (unpaired) electrons. The summed E-state index contributed by atoms with van der Waals surface area (Å²) in [4.78, 5) is 13.1. The summed E-state index contributed by atoms with van der Waals surface area (Å²) in [6.45, 7) is 0. The van der Waals surface area contributed by atoms with E-state index in [2.05, 4.69) is 21.0 Å². The van der Waals surface area contributed by atoms with E-state index in [1.807, 2.05) is 30.3 Å². The van der Waals surface area contributed by atoms with E-state index in [0.717, 1.165) is 11.1 Å². The van der Waals surface area contributed by atoms with Gasteiger partial charge in [0.1, 0.15) is 0 Å². The molecule has 114 valence electrons. The Bertz CT molecular complexity index is 1060. The molecule has 0 unspecified atom stereocenters. The lowest BCUT2D eigenvalue weighted by atomic mass is 10.1. The van der Waals surface area contributed by atoms with Gasteiger partial charge in [-0.1, -0.05) is 30.3 Å². The van der Waals surface area contributed by atoms with Crippen LogP contribution in [0.3, 0.4) is 0 Å². The van der Waals surface area contributed by atoms with E-state index in [1.54, 1.807) is 24.3 Å². The van der Waals surface area contributed by atoms with Crippen molar-refractivity contribution in [2.24, 2.45) is 0 Å². The van der Waals surface area contributed by atoms with Crippen molar-refractivity contribution in [1.82, 2.24) is 15.0 Å². The quantitative estimate of drug-likeness (QED) is 0.608. The number of nitrogens with zero attached hydrogens (tertiary/aromatic N) is 4. The second-order valence-corrected chi connectivity index (χ2v) is 5.16. The topological polar surface area (TPSA) is 102 Å². The van der Waals surface area contributed by atoms with Crippen molar-refractivity contribution in [3.63, 3.8) is 0 Å². The first-order valence-corrected chi connectivity index (χ1v) is 7.24. The van der Waals surface area contributed by atoms with E-state index in [-0.39, 0.29) is 5.82 Å². The molecule has 0 fully saturated rings. The van der Waals surface area contributed by atoms with Crippen LogP contribution in [0.2, 0.25) is 0 Å². The average Bonchev–Trinajstić information content (AvgIpc) is 3.07. The highest BCUT2D eigenvalue weighted by atomic mass is 16.4. The fraction of sp³-hybridized carbons (Fsp3) is 0. The van der Waals surface area contributed by atoms with Gasteiger partial charge in [0.05, 0.1) is 11.6 Å². The molecule has 0 aliphatic rings. The van der Waals surface area contributed by atoms with Crippen LogP contribution in [0.5, 0.6) is 0 Å². The van der Waals surface area contributed by atoms with Crippen LogP contribution in [-0.4, -0.2) is 15.0 Å². The Hall–Kier alpha value is -3.72. The number of nitriles is 1. The monoisotopic (exact) mass is 313 g/mol. The molecule has 0 amide bonds. The van der Waals surface area contributed by atoms with Crippen LogP contribution in [0.15, 0.2) is 59.0 Å². The van der Waals surface area contributed by atoms with Crippen molar-refractivity contribution in [2.75, 3.05) is 5.73 Å². The number of oxazole rings is 1. The minimum atomic E-state index is 0.266. The van der Waals surface area contributed by atoms with Crippen molar-refractivity contribution in [1.29, 1.82) is 5.26 Å². The molecule has 4 aromatic rings. The third kappa shape index (κ3) is 2.34. The van der Waals surface area contributed by atoms with Crippen molar-refractivity contribution < 1.29 is 4.42 Å². The zero-order valence-corrected chi connectivity index (χ0v) is 12.5. The van der Waals surface area contributed by atoms with Gasteiger partial charge in [-0.05, 0) is 24.3 Å². The molecule has 6 heteroatoms. The molecule has 0 atom stereocenters. The van der Waals surface area contributed by atoms with Crippen molar-refractivity contribution in [3.05, 3.63) is 60.2 Å². The zero-order chi connectivity index (χ0) is 16.5. The van der Waals surface area contributed by atoms with Crippen molar-refractivity contribution in [2.45, 2.75) is 0 Å². The molecule has 2 aromatic heterocycles. The van der Waals surface area contributed by atoms with Gasteiger partial charge in [0.2, 0.25) is 5.89 Å². The Morgan fingerprint density at radius 1 is 0.875 bits per heavy atom. The Kier molecular flexibility index (Phi) is 3.18. The maximum Gasteiger partial charge on any atom is 0.253 e. The first kappa shape index (κ1) is 13.9. The molecular formula is C18H11N5O. The van der Waals surface area contributed by atoms with Crippen LogP contribution >= 0.6 is 0 Å². The first-order chi connectivity index (χ1) is 11.7. The maximum absolute atomic E-state index is 8.86. The standard InChI is InChI=1S/C18H11N5O/c19-10-11-6-8-13(9-7-11)17-21-14-15(20)22-16(23-18(14)24-17)12-4-2-1-3-5-12/h1-9H,(H2,20,22,23). The van der Waals surface area contributed by atoms with Crippen LogP contribution in [0, 0.1) is 11.3 Å². The molecule has 4 rings (SSSR count). The highest BCUT2D eigenvalue weighted by molar-refractivity contribution is 5.84. The molecule has 2 N–H and O–H groups in total. The molecule has 6 nitrogen and oxygen atoms in total. The third-order valence-corrected chi connectivity index (χ3v) is 3.58. The van der Waals surface area contributed by atoms with Gasteiger partial charge >= 0.3 is 0 Å². The summed E-state index contributed by atoms with van der Waals surface area (Å²) in [6, 6.07) is 18.5. The lowest BCUT2D eigenvalue weighted by Crippen LogP contribution is -1.96. The number of rotatable bonds is 2. The van der Waals surface area contributed by atoms with E-state index < -0.39 is 0 Å². The largest absolute Gasteiger partial charge is 0.417 e. The van der Waals surface area contributed by atoms with Crippen LogP contribution in [0.4, 0.5) is 5.82 Å². The Balaban J connectivity index is 1.83. The first-order valence-electron chi connectivity index (χ1n) is 7.24. The number of hydrogen-bond acceptors (Lipinski definition) is 6. The van der Waals surface area contributed by atoms with Crippen LogP contribution in [0.1, 0.15) is 5.56 Å². The number of benzene rings is 2. The molecule has 0 aliphatic carbocycles. The van der Waals surface area contributed by atoms with E-state index >= 15 is 0 Å². The molecule has 2 heterocycles.